The van der Waals surface area contributed by atoms with Crippen molar-refractivity contribution >= 4 is 23.2 Å². The van der Waals surface area contributed by atoms with Crippen LogP contribution in [0.5, 0.6) is 0 Å². The van der Waals surface area contributed by atoms with E-state index in [9.17, 15) is 18.0 Å². The smallest absolute Gasteiger partial charge is 0.433 e. The first-order valence-electron chi connectivity index (χ1n) is 5.13. The Hall–Kier alpha value is -1.83. The molecule has 0 unspecified atom stereocenters. The molecule has 0 bridgehead atoms. The topological polar surface area (TPSA) is 56.5 Å². The Bertz CT molecular complexity index is 639. The van der Waals surface area contributed by atoms with E-state index in [1.807, 2.05) is 0 Å². The van der Waals surface area contributed by atoms with Gasteiger partial charge in [0.1, 0.15) is 10.8 Å². The molecule has 102 valence electrons. The van der Waals surface area contributed by atoms with E-state index in [1.165, 1.54) is 0 Å². The van der Waals surface area contributed by atoms with E-state index >= 15 is 0 Å². The predicted octanol–water partition coefficient (Wildman–Crippen LogP) is 2.58. The molecule has 0 radical (unpaired) electrons. The lowest BCUT2D eigenvalue weighted by Gasteiger charge is -2.06. The molecule has 9 heteroatoms. The highest BCUT2D eigenvalue weighted by molar-refractivity contribution is 6.29. The van der Waals surface area contributed by atoms with E-state index in [4.69, 9.17) is 11.6 Å². The molecule has 2 aromatic rings. The number of esters is 1. The van der Waals surface area contributed by atoms with Crippen LogP contribution in [-0.4, -0.2) is 27.2 Å². The van der Waals surface area contributed by atoms with Crippen LogP contribution < -0.4 is 0 Å². The molecule has 0 saturated heterocycles. The number of nitrogens with zero attached hydrogens (tertiary/aromatic N) is 3. The molecule has 0 spiro atoms. The minimum Gasteiger partial charge on any atom is -0.461 e. The number of alkyl halides is 3. The summed E-state index contributed by atoms with van der Waals surface area (Å²) in [6.07, 6.45) is -4.63. The molecule has 0 N–H and O–H groups in total. The highest BCUT2D eigenvalue weighted by Crippen LogP contribution is 2.29. The lowest BCUT2D eigenvalue weighted by molar-refractivity contribution is -0.141. The van der Waals surface area contributed by atoms with Crippen LogP contribution in [0.2, 0.25) is 5.15 Å². The van der Waals surface area contributed by atoms with Gasteiger partial charge in [0.05, 0.1) is 6.61 Å². The van der Waals surface area contributed by atoms with Crippen molar-refractivity contribution in [2.45, 2.75) is 13.1 Å². The lowest BCUT2D eigenvalue weighted by Crippen LogP contribution is -2.09. The third kappa shape index (κ3) is 2.62. The van der Waals surface area contributed by atoms with Crippen LogP contribution in [0.1, 0.15) is 23.1 Å². The molecule has 0 aliphatic heterocycles. The van der Waals surface area contributed by atoms with Crippen molar-refractivity contribution in [3.8, 4) is 0 Å². The molecule has 0 atom stereocenters. The summed E-state index contributed by atoms with van der Waals surface area (Å²) in [5.41, 5.74) is -1.49. The summed E-state index contributed by atoms with van der Waals surface area (Å²) in [6.45, 7) is 1.72. The number of fused-ring (bicyclic) bond motifs is 1. The number of rotatable bonds is 2. The van der Waals surface area contributed by atoms with Crippen LogP contribution in [0.25, 0.3) is 5.65 Å². The Balaban J connectivity index is 2.54. The molecule has 5 nitrogen and oxygen atoms in total. The van der Waals surface area contributed by atoms with Gasteiger partial charge < -0.3 is 4.74 Å². The summed E-state index contributed by atoms with van der Waals surface area (Å²) >= 11 is 5.67. The van der Waals surface area contributed by atoms with E-state index in [1.54, 1.807) is 6.92 Å². The van der Waals surface area contributed by atoms with Gasteiger partial charge in [-0.2, -0.15) is 18.3 Å². The second-order valence-corrected chi connectivity index (χ2v) is 3.87. The SMILES string of the molecule is CCOC(=O)c1cc2nc(C(F)(F)F)cc(Cl)n2n1. The van der Waals surface area contributed by atoms with Crippen molar-refractivity contribution in [3.63, 3.8) is 0 Å². The van der Waals surface area contributed by atoms with Gasteiger partial charge in [-0.15, -0.1) is 0 Å². The normalized spacial score (nSPS) is 11.8. The van der Waals surface area contributed by atoms with Gasteiger partial charge >= 0.3 is 12.1 Å². The summed E-state index contributed by atoms with van der Waals surface area (Å²) in [7, 11) is 0. The number of carbonyl (C=O) groups excluding carboxylic acids is 1. The Morgan fingerprint density at radius 2 is 2.16 bits per heavy atom. The largest absolute Gasteiger partial charge is 0.461 e. The molecule has 19 heavy (non-hydrogen) atoms. The summed E-state index contributed by atoms with van der Waals surface area (Å²) in [6, 6.07) is 1.72. The number of halogens is 4. The molecular formula is C10H7ClF3N3O2. The maximum absolute atomic E-state index is 12.5. The number of aromatic nitrogens is 3. The van der Waals surface area contributed by atoms with Gasteiger partial charge in [0.2, 0.25) is 0 Å². The number of carbonyl (C=O) groups is 1. The van der Waals surface area contributed by atoms with Gasteiger partial charge in [-0.25, -0.2) is 14.3 Å². The summed E-state index contributed by atoms with van der Waals surface area (Å²) < 4.78 is 43.2. The van der Waals surface area contributed by atoms with Crippen LogP contribution >= 0.6 is 11.6 Å². The van der Waals surface area contributed by atoms with Crippen molar-refractivity contribution in [2.24, 2.45) is 0 Å². The standard InChI is InChI=1S/C10H7ClF3N3O2/c1-2-19-9(18)5-3-8-15-6(10(12,13)14)4-7(11)17(8)16-5/h3-4H,2H2,1H3. The summed E-state index contributed by atoms with van der Waals surface area (Å²) in [5, 5.41) is 3.44. The maximum atomic E-state index is 12.5. The van der Waals surface area contributed by atoms with E-state index < -0.39 is 17.8 Å². The van der Waals surface area contributed by atoms with Crippen LogP contribution in [0.3, 0.4) is 0 Å². The first-order chi connectivity index (χ1) is 8.82. The van der Waals surface area contributed by atoms with Gasteiger partial charge in [-0.05, 0) is 6.92 Å². The van der Waals surface area contributed by atoms with E-state index in [0.29, 0.717) is 6.07 Å². The zero-order chi connectivity index (χ0) is 14.2. The van der Waals surface area contributed by atoms with Gasteiger partial charge in [0.25, 0.3) is 0 Å². The van der Waals surface area contributed by atoms with E-state index in [2.05, 4.69) is 14.8 Å². The zero-order valence-electron chi connectivity index (χ0n) is 9.53. The fourth-order valence-corrected chi connectivity index (χ4v) is 1.62. The Labute approximate surface area is 109 Å². The predicted molar refractivity (Wildman–Crippen MR) is 59.0 cm³/mol. The molecule has 0 aliphatic carbocycles. The van der Waals surface area contributed by atoms with Crippen molar-refractivity contribution < 1.29 is 22.7 Å². The quantitative estimate of drug-likeness (QED) is 0.631. The Morgan fingerprint density at radius 3 is 2.74 bits per heavy atom. The second kappa shape index (κ2) is 4.69. The fourth-order valence-electron chi connectivity index (χ4n) is 1.39. The first kappa shape index (κ1) is 13.6. The average Bonchev–Trinajstić information content (AvgIpc) is 2.72. The summed E-state index contributed by atoms with van der Waals surface area (Å²) in [5.74, 6) is -0.752. The molecule has 2 rings (SSSR count). The molecule has 2 aromatic heterocycles. The number of hydrogen-bond acceptors (Lipinski definition) is 4. The highest BCUT2D eigenvalue weighted by Gasteiger charge is 2.33. The molecular weight excluding hydrogens is 287 g/mol. The fraction of sp³-hybridized carbons (Fsp3) is 0.300. The molecule has 0 amide bonds. The van der Waals surface area contributed by atoms with Crippen molar-refractivity contribution in [2.75, 3.05) is 6.61 Å². The maximum Gasteiger partial charge on any atom is 0.433 e. The van der Waals surface area contributed by atoms with Crippen molar-refractivity contribution in [1.82, 2.24) is 14.6 Å². The lowest BCUT2D eigenvalue weighted by atomic mass is 10.4. The molecule has 0 fully saturated rings. The number of ether oxygens (including phenoxy) is 1. The highest BCUT2D eigenvalue weighted by atomic mass is 35.5. The van der Waals surface area contributed by atoms with Crippen LogP contribution in [0, 0.1) is 0 Å². The molecule has 0 aromatic carbocycles. The van der Waals surface area contributed by atoms with Gasteiger partial charge in [-0.3, -0.25) is 0 Å². The monoisotopic (exact) mass is 293 g/mol. The Kier molecular flexibility index (Phi) is 3.36. The van der Waals surface area contributed by atoms with Crippen LogP contribution in [-0.2, 0) is 10.9 Å². The van der Waals surface area contributed by atoms with E-state index in [-0.39, 0.29) is 23.1 Å². The second-order valence-electron chi connectivity index (χ2n) is 3.48. The van der Waals surface area contributed by atoms with Crippen molar-refractivity contribution in [1.29, 1.82) is 0 Å². The third-order valence-electron chi connectivity index (χ3n) is 2.16. The summed E-state index contributed by atoms with van der Waals surface area (Å²) in [4.78, 5) is 14.8. The first-order valence-corrected chi connectivity index (χ1v) is 5.51. The third-order valence-corrected chi connectivity index (χ3v) is 2.43. The van der Waals surface area contributed by atoms with Gasteiger partial charge in [0.15, 0.2) is 11.3 Å². The average molecular weight is 294 g/mol. The van der Waals surface area contributed by atoms with Gasteiger partial charge in [0, 0.05) is 12.1 Å². The van der Waals surface area contributed by atoms with Gasteiger partial charge in [-0.1, -0.05) is 11.6 Å². The van der Waals surface area contributed by atoms with E-state index in [0.717, 1.165) is 10.6 Å². The molecule has 2 heterocycles. The van der Waals surface area contributed by atoms with Crippen molar-refractivity contribution in [3.05, 3.63) is 28.7 Å². The zero-order valence-corrected chi connectivity index (χ0v) is 10.3. The molecule has 0 saturated carbocycles. The minimum absolute atomic E-state index is 0.127. The number of hydrogen-bond donors (Lipinski definition) is 0. The van der Waals surface area contributed by atoms with Crippen LogP contribution in [0.4, 0.5) is 13.2 Å². The minimum atomic E-state index is -4.63. The van der Waals surface area contributed by atoms with Crippen LogP contribution in [0.15, 0.2) is 12.1 Å². The Morgan fingerprint density at radius 1 is 1.47 bits per heavy atom. The molecule has 0 aliphatic rings.